The van der Waals surface area contributed by atoms with E-state index in [9.17, 15) is 4.79 Å². The van der Waals surface area contributed by atoms with Crippen molar-refractivity contribution >= 4 is 39.3 Å². The van der Waals surface area contributed by atoms with E-state index in [0.29, 0.717) is 21.9 Å². The van der Waals surface area contributed by atoms with Gasteiger partial charge in [-0.1, -0.05) is 29.8 Å². The summed E-state index contributed by atoms with van der Waals surface area (Å²) in [6.07, 6.45) is 3.48. The minimum atomic E-state index is -0.435. The quantitative estimate of drug-likeness (QED) is 0.674. The van der Waals surface area contributed by atoms with Crippen LogP contribution in [-0.2, 0) is 11.3 Å². The molecule has 0 aliphatic carbocycles. The lowest BCUT2D eigenvalue weighted by Crippen LogP contribution is -2.25. The summed E-state index contributed by atoms with van der Waals surface area (Å²) in [7, 11) is 0. The van der Waals surface area contributed by atoms with Gasteiger partial charge < -0.3 is 5.32 Å². The van der Waals surface area contributed by atoms with Crippen LogP contribution in [-0.4, -0.2) is 25.5 Å². The van der Waals surface area contributed by atoms with Gasteiger partial charge in [0.2, 0.25) is 5.91 Å². The molecule has 0 radical (unpaired) electrons. The molecule has 8 heteroatoms. The van der Waals surface area contributed by atoms with Gasteiger partial charge in [0.25, 0.3) is 0 Å². The van der Waals surface area contributed by atoms with Gasteiger partial charge in [-0.05, 0) is 47.5 Å². The normalized spacial score (nSPS) is 12.2. The number of amides is 1. The molecule has 0 aliphatic heterocycles. The van der Waals surface area contributed by atoms with Gasteiger partial charge in [0, 0.05) is 23.1 Å². The van der Waals surface area contributed by atoms with Crippen LogP contribution in [0, 0.1) is 6.92 Å². The smallest absolute Gasteiger partial charge is 0.250 e. The highest BCUT2D eigenvalue weighted by atomic mass is 79.9. The van der Waals surface area contributed by atoms with Crippen LogP contribution in [0.1, 0.15) is 24.2 Å². The highest BCUT2D eigenvalue weighted by Crippen LogP contribution is 2.23. The van der Waals surface area contributed by atoms with E-state index in [-0.39, 0.29) is 5.91 Å². The summed E-state index contributed by atoms with van der Waals surface area (Å²) in [5.74, 6) is 0.282. The summed E-state index contributed by atoms with van der Waals surface area (Å²) >= 11 is 9.62. The summed E-state index contributed by atoms with van der Waals surface area (Å²) < 4.78 is 4.10. The first-order chi connectivity index (χ1) is 12.0. The molecule has 0 saturated carbocycles. The fourth-order valence-corrected chi connectivity index (χ4v) is 3.09. The zero-order valence-corrected chi connectivity index (χ0v) is 16.1. The van der Waals surface area contributed by atoms with Crippen LogP contribution >= 0.6 is 27.5 Å². The van der Waals surface area contributed by atoms with E-state index in [0.717, 1.165) is 11.3 Å². The van der Waals surface area contributed by atoms with Crippen molar-refractivity contribution in [2.24, 2.45) is 0 Å². The van der Waals surface area contributed by atoms with Crippen molar-refractivity contribution in [3.63, 3.8) is 0 Å². The predicted molar refractivity (Wildman–Crippen MR) is 101 cm³/mol. The minimum Gasteiger partial charge on any atom is -0.306 e. The maximum atomic E-state index is 12.5. The summed E-state index contributed by atoms with van der Waals surface area (Å²) in [5.41, 5.74) is 1.88. The Morgan fingerprint density at radius 3 is 2.80 bits per heavy atom. The maximum absolute atomic E-state index is 12.5. The molecule has 1 atom stereocenters. The molecule has 1 unspecified atom stereocenters. The lowest BCUT2D eigenvalue weighted by molar-refractivity contribution is -0.119. The number of hydrogen-bond acceptors (Lipinski definition) is 3. The monoisotopic (exact) mass is 421 g/mol. The molecule has 25 heavy (non-hydrogen) atoms. The number of anilines is 1. The van der Waals surface area contributed by atoms with Crippen LogP contribution in [0.5, 0.6) is 0 Å². The number of benzene rings is 1. The number of carbonyl (C=O) groups excluding carboxylic acids is 1. The average Bonchev–Trinajstić information content (AvgIpc) is 3.15. The fraction of sp³-hybridized carbons (Fsp3) is 0.235. The molecule has 2 aromatic heterocycles. The summed E-state index contributed by atoms with van der Waals surface area (Å²) in [5, 5.41) is 12.1. The molecule has 0 spiro atoms. The van der Waals surface area contributed by atoms with Gasteiger partial charge in [0.1, 0.15) is 6.04 Å². The van der Waals surface area contributed by atoms with Gasteiger partial charge in [0.15, 0.2) is 5.82 Å². The van der Waals surface area contributed by atoms with Crippen LogP contribution < -0.4 is 5.32 Å². The first-order valence-electron chi connectivity index (χ1n) is 7.73. The van der Waals surface area contributed by atoms with E-state index in [4.69, 9.17) is 11.6 Å². The number of carbonyl (C=O) groups is 1. The molecule has 2 heterocycles. The lowest BCUT2D eigenvalue weighted by Gasteiger charge is -2.13. The third-order valence-corrected chi connectivity index (χ3v) is 4.81. The topological polar surface area (TPSA) is 64.7 Å². The average molecular weight is 423 g/mol. The number of aromatic nitrogens is 4. The Labute approximate surface area is 158 Å². The second-order valence-corrected chi connectivity index (χ2v) is 6.96. The van der Waals surface area contributed by atoms with Gasteiger partial charge in [-0.3, -0.25) is 14.2 Å². The second-order valence-electron chi connectivity index (χ2n) is 5.70. The van der Waals surface area contributed by atoms with Gasteiger partial charge >= 0.3 is 0 Å². The number of aryl methyl sites for hydroxylation is 1. The molecule has 1 N–H and O–H groups in total. The molecule has 1 amide bonds. The number of nitrogens with zero attached hydrogens (tertiary/aromatic N) is 4. The minimum absolute atomic E-state index is 0.185. The lowest BCUT2D eigenvalue weighted by atomic mass is 10.2. The Hall–Kier alpha value is -2.12. The molecule has 0 aliphatic rings. The standard InChI is InChI=1S/C17H17BrClN5O/c1-11-7-8-20-24(11)12(2)17(25)21-16-14(18)10-23(22-16)9-13-5-3-4-6-15(13)19/h3-8,10,12H,9H2,1-2H3,(H,21,22,25). The molecule has 1 aromatic carbocycles. The Bertz CT molecular complexity index is 904. The second kappa shape index (κ2) is 7.41. The number of halogens is 2. The third kappa shape index (κ3) is 3.93. The SMILES string of the molecule is Cc1ccnn1C(C)C(=O)Nc1nn(Cc2ccccc2Cl)cc1Br. The molecular formula is C17H17BrClN5O. The van der Waals surface area contributed by atoms with E-state index in [2.05, 4.69) is 31.4 Å². The zero-order chi connectivity index (χ0) is 18.0. The summed E-state index contributed by atoms with van der Waals surface area (Å²) in [4.78, 5) is 12.5. The van der Waals surface area contributed by atoms with Crippen LogP contribution in [0.15, 0.2) is 47.2 Å². The molecular weight excluding hydrogens is 406 g/mol. The zero-order valence-electron chi connectivity index (χ0n) is 13.8. The molecule has 0 fully saturated rings. The number of hydrogen-bond donors (Lipinski definition) is 1. The van der Waals surface area contributed by atoms with Crippen LogP contribution in [0.25, 0.3) is 0 Å². The van der Waals surface area contributed by atoms with Crippen LogP contribution in [0.2, 0.25) is 5.02 Å². The van der Waals surface area contributed by atoms with Gasteiger partial charge in [-0.15, -0.1) is 0 Å². The number of rotatable bonds is 5. The van der Waals surface area contributed by atoms with Crippen molar-refractivity contribution in [3.8, 4) is 0 Å². The first kappa shape index (κ1) is 17.7. The molecule has 0 bridgehead atoms. The fourth-order valence-electron chi connectivity index (χ4n) is 2.48. The highest BCUT2D eigenvalue weighted by molar-refractivity contribution is 9.10. The van der Waals surface area contributed by atoms with E-state index in [1.54, 1.807) is 22.5 Å². The van der Waals surface area contributed by atoms with E-state index in [1.807, 2.05) is 43.5 Å². The van der Waals surface area contributed by atoms with Crippen LogP contribution in [0.4, 0.5) is 5.82 Å². The molecule has 3 rings (SSSR count). The van der Waals surface area contributed by atoms with Crippen molar-refractivity contribution in [1.82, 2.24) is 19.6 Å². The van der Waals surface area contributed by atoms with Crippen molar-refractivity contribution in [1.29, 1.82) is 0 Å². The van der Waals surface area contributed by atoms with Crippen molar-refractivity contribution in [2.45, 2.75) is 26.4 Å². The van der Waals surface area contributed by atoms with Crippen LogP contribution in [0.3, 0.4) is 0 Å². The Kier molecular flexibility index (Phi) is 5.24. The Morgan fingerprint density at radius 1 is 1.36 bits per heavy atom. The van der Waals surface area contributed by atoms with E-state index in [1.165, 1.54) is 0 Å². The Morgan fingerprint density at radius 2 is 2.12 bits per heavy atom. The highest BCUT2D eigenvalue weighted by Gasteiger charge is 2.19. The van der Waals surface area contributed by atoms with E-state index < -0.39 is 6.04 Å². The largest absolute Gasteiger partial charge is 0.306 e. The van der Waals surface area contributed by atoms with E-state index >= 15 is 0 Å². The predicted octanol–water partition coefficient (Wildman–Crippen LogP) is 4.05. The summed E-state index contributed by atoms with van der Waals surface area (Å²) in [6, 6.07) is 9.02. The summed E-state index contributed by atoms with van der Waals surface area (Å²) in [6.45, 7) is 4.22. The van der Waals surface area contributed by atoms with Crippen molar-refractivity contribution < 1.29 is 4.79 Å². The molecule has 3 aromatic rings. The number of nitrogens with one attached hydrogen (secondary N) is 1. The first-order valence-corrected chi connectivity index (χ1v) is 8.90. The van der Waals surface area contributed by atoms with Gasteiger partial charge in [-0.2, -0.15) is 10.2 Å². The molecule has 130 valence electrons. The molecule has 6 nitrogen and oxygen atoms in total. The van der Waals surface area contributed by atoms with Gasteiger partial charge in [0.05, 0.1) is 11.0 Å². The Balaban J connectivity index is 1.73. The third-order valence-electron chi connectivity index (χ3n) is 3.86. The van der Waals surface area contributed by atoms with Gasteiger partial charge in [-0.25, -0.2) is 0 Å². The van der Waals surface area contributed by atoms with Crippen molar-refractivity contribution in [2.75, 3.05) is 5.32 Å². The van der Waals surface area contributed by atoms with Crippen molar-refractivity contribution in [3.05, 3.63) is 63.5 Å². The maximum Gasteiger partial charge on any atom is 0.250 e. The molecule has 0 saturated heterocycles.